The summed E-state index contributed by atoms with van der Waals surface area (Å²) in [5.74, 6) is 1.21. The third-order valence-electron chi connectivity index (χ3n) is 6.90. The van der Waals surface area contributed by atoms with Crippen LogP contribution in [0, 0.1) is 17.3 Å². The predicted molar refractivity (Wildman–Crippen MR) is 120 cm³/mol. The molecule has 1 aliphatic carbocycles. The standard InChI is InChI=1S/C26H32N2O2/c1-19-16-23(19)24(29)28-14-12-26(13-15-28,25(30)27(2)3)18-20-8-7-11-22(17-20)21-9-5-4-6-10-21/h4-11,17,19,23H,12-16,18H2,1-3H3/t19-,23-/m1/s1. The molecule has 0 N–H and O–H groups in total. The highest BCUT2D eigenvalue weighted by molar-refractivity contribution is 5.85. The molecular weight excluding hydrogens is 372 g/mol. The minimum atomic E-state index is -0.440. The Morgan fingerprint density at radius 1 is 1.00 bits per heavy atom. The molecule has 1 saturated heterocycles. The van der Waals surface area contributed by atoms with Crippen molar-refractivity contribution in [3.63, 3.8) is 0 Å². The topological polar surface area (TPSA) is 40.6 Å². The lowest BCUT2D eigenvalue weighted by Gasteiger charge is -2.42. The van der Waals surface area contributed by atoms with Crippen LogP contribution in [0.2, 0.25) is 0 Å². The molecule has 1 heterocycles. The number of rotatable bonds is 5. The van der Waals surface area contributed by atoms with Crippen molar-refractivity contribution in [1.29, 1.82) is 0 Å². The molecule has 2 aromatic rings. The lowest BCUT2D eigenvalue weighted by Crippen LogP contribution is -2.51. The minimum absolute atomic E-state index is 0.180. The maximum absolute atomic E-state index is 13.3. The Kier molecular flexibility index (Phi) is 5.68. The van der Waals surface area contributed by atoms with Crippen molar-refractivity contribution in [2.75, 3.05) is 27.2 Å². The average Bonchev–Trinajstić information content (AvgIpc) is 3.50. The zero-order chi connectivity index (χ0) is 21.3. The van der Waals surface area contributed by atoms with E-state index in [4.69, 9.17) is 0 Å². The van der Waals surface area contributed by atoms with E-state index >= 15 is 0 Å². The van der Waals surface area contributed by atoms with E-state index < -0.39 is 5.41 Å². The van der Waals surface area contributed by atoms with Crippen LogP contribution >= 0.6 is 0 Å². The van der Waals surface area contributed by atoms with Crippen LogP contribution in [0.15, 0.2) is 54.6 Å². The highest BCUT2D eigenvalue weighted by atomic mass is 16.2. The summed E-state index contributed by atoms with van der Waals surface area (Å²) in [4.78, 5) is 29.7. The zero-order valence-electron chi connectivity index (χ0n) is 18.3. The summed E-state index contributed by atoms with van der Waals surface area (Å²) in [6.45, 7) is 3.51. The van der Waals surface area contributed by atoms with Gasteiger partial charge in [0.05, 0.1) is 5.41 Å². The number of hydrogen-bond donors (Lipinski definition) is 0. The Morgan fingerprint density at radius 3 is 2.23 bits per heavy atom. The molecule has 30 heavy (non-hydrogen) atoms. The molecule has 0 bridgehead atoms. The Labute approximate surface area is 179 Å². The van der Waals surface area contributed by atoms with E-state index in [9.17, 15) is 9.59 Å². The van der Waals surface area contributed by atoms with Crippen LogP contribution in [0.5, 0.6) is 0 Å². The molecule has 2 amide bonds. The number of carbonyl (C=O) groups excluding carboxylic acids is 2. The summed E-state index contributed by atoms with van der Waals surface area (Å²) in [6, 6.07) is 18.9. The van der Waals surface area contributed by atoms with Crippen LogP contribution in [0.3, 0.4) is 0 Å². The largest absolute Gasteiger partial charge is 0.348 e. The zero-order valence-corrected chi connectivity index (χ0v) is 18.3. The minimum Gasteiger partial charge on any atom is -0.348 e. The fraction of sp³-hybridized carbons (Fsp3) is 0.462. The van der Waals surface area contributed by atoms with Gasteiger partial charge in [-0.05, 0) is 48.3 Å². The van der Waals surface area contributed by atoms with Gasteiger partial charge in [0.25, 0.3) is 0 Å². The van der Waals surface area contributed by atoms with E-state index in [1.807, 2.05) is 37.2 Å². The predicted octanol–water partition coefficient (Wildman–Crippen LogP) is 4.25. The van der Waals surface area contributed by atoms with Gasteiger partial charge >= 0.3 is 0 Å². The van der Waals surface area contributed by atoms with E-state index in [1.165, 1.54) is 16.7 Å². The summed E-state index contributed by atoms with van der Waals surface area (Å²) >= 11 is 0. The lowest BCUT2D eigenvalue weighted by molar-refractivity contribution is -0.146. The van der Waals surface area contributed by atoms with Crippen molar-refractivity contribution in [3.05, 3.63) is 60.2 Å². The first-order valence-electron chi connectivity index (χ1n) is 11.0. The first-order chi connectivity index (χ1) is 14.4. The fourth-order valence-corrected chi connectivity index (χ4v) is 4.88. The Balaban J connectivity index is 1.54. The monoisotopic (exact) mass is 404 g/mol. The van der Waals surface area contributed by atoms with E-state index in [-0.39, 0.29) is 11.8 Å². The summed E-state index contributed by atoms with van der Waals surface area (Å²) in [7, 11) is 3.68. The smallest absolute Gasteiger partial charge is 0.228 e. The van der Waals surface area contributed by atoms with Crippen molar-refractivity contribution in [1.82, 2.24) is 9.80 Å². The number of nitrogens with zero attached hydrogens (tertiary/aromatic N) is 2. The van der Waals surface area contributed by atoms with Gasteiger partial charge in [-0.15, -0.1) is 0 Å². The molecule has 1 saturated carbocycles. The molecule has 1 aliphatic heterocycles. The highest BCUT2D eigenvalue weighted by Crippen LogP contribution is 2.42. The van der Waals surface area contributed by atoms with Gasteiger partial charge in [0, 0.05) is 33.1 Å². The number of hydrogen-bond acceptors (Lipinski definition) is 2. The van der Waals surface area contributed by atoms with Crippen molar-refractivity contribution in [2.45, 2.75) is 32.6 Å². The van der Waals surface area contributed by atoms with Gasteiger partial charge in [-0.25, -0.2) is 0 Å². The third-order valence-corrected chi connectivity index (χ3v) is 6.90. The van der Waals surface area contributed by atoms with Crippen LogP contribution in [-0.2, 0) is 16.0 Å². The first-order valence-corrected chi connectivity index (χ1v) is 11.0. The molecule has 4 nitrogen and oxygen atoms in total. The second-order valence-electron chi connectivity index (χ2n) is 9.37. The van der Waals surface area contributed by atoms with Crippen LogP contribution < -0.4 is 0 Å². The molecule has 2 aromatic carbocycles. The molecule has 0 aromatic heterocycles. The Hall–Kier alpha value is -2.62. The Bertz CT molecular complexity index is 914. The second-order valence-corrected chi connectivity index (χ2v) is 9.37. The van der Waals surface area contributed by atoms with Crippen molar-refractivity contribution >= 4 is 11.8 Å². The van der Waals surface area contributed by atoms with E-state index in [1.54, 1.807) is 4.90 Å². The maximum atomic E-state index is 13.3. The molecule has 158 valence electrons. The summed E-state index contributed by atoms with van der Waals surface area (Å²) in [5.41, 5.74) is 3.11. The number of amides is 2. The van der Waals surface area contributed by atoms with E-state index in [0.717, 1.165) is 19.3 Å². The molecule has 2 atom stereocenters. The van der Waals surface area contributed by atoms with Gasteiger partial charge in [-0.1, -0.05) is 61.5 Å². The lowest BCUT2D eigenvalue weighted by atomic mass is 9.72. The molecule has 0 radical (unpaired) electrons. The molecule has 4 heteroatoms. The first kappa shape index (κ1) is 20.6. The normalized spacial score (nSPS) is 22.4. The highest BCUT2D eigenvalue weighted by Gasteiger charge is 2.46. The number of carbonyl (C=O) groups is 2. The van der Waals surface area contributed by atoms with E-state index in [2.05, 4.69) is 43.3 Å². The third kappa shape index (κ3) is 4.14. The van der Waals surface area contributed by atoms with Gasteiger partial charge in [-0.3, -0.25) is 9.59 Å². The number of piperidine rings is 1. The molecule has 0 unspecified atom stereocenters. The molecule has 4 rings (SSSR count). The quantitative estimate of drug-likeness (QED) is 0.748. The average molecular weight is 405 g/mol. The SMILES string of the molecule is C[C@@H]1C[C@H]1C(=O)N1CCC(Cc2cccc(-c3ccccc3)c2)(C(=O)N(C)C)CC1. The molecule has 0 spiro atoms. The van der Waals surface area contributed by atoms with Gasteiger partial charge in [0.1, 0.15) is 0 Å². The molecule has 2 fully saturated rings. The van der Waals surface area contributed by atoms with Gasteiger partial charge in [0.15, 0.2) is 0 Å². The fourth-order valence-electron chi connectivity index (χ4n) is 4.88. The van der Waals surface area contributed by atoms with Crippen LogP contribution in [0.25, 0.3) is 11.1 Å². The van der Waals surface area contributed by atoms with E-state index in [0.29, 0.717) is 31.3 Å². The summed E-state index contributed by atoms with van der Waals surface area (Å²) < 4.78 is 0. The van der Waals surface area contributed by atoms with Crippen LogP contribution in [0.4, 0.5) is 0 Å². The van der Waals surface area contributed by atoms with Crippen LogP contribution in [-0.4, -0.2) is 48.8 Å². The van der Waals surface area contributed by atoms with Gasteiger partial charge in [-0.2, -0.15) is 0 Å². The number of benzene rings is 2. The van der Waals surface area contributed by atoms with Crippen LogP contribution in [0.1, 0.15) is 31.7 Å². The summed E-state index contributed by atoms with van der Waals surface area (Å²) in [6.07, 6.45) is 3.19. The van der Waals surface area contributed by atoms with Crippen molar-refractivity contribution < 1.29 is 9.59 Å². The molecule has 2 aliphatic rings. The summed E-state index contributed by atoms with van der Waals surface area (Å²) in [5, 5.41) is 0. The number of likely N-dealkylation sites (tertiary alicyclic amines) is 1. The maximum Gasteiger partial charge on any atom is 0.228 e. The van der Waals surface area contributed by atoms with Crippen molar-refractivity contribution in [2.24, 2.45) is 17.3 Å². The molecular formula is C26H32N2O2. The van der Waals surface area contributed by atoms with Gasteiger partial charge in [0.2, 0.25) is 11.8 Å². The van der Waals surface area contributed by atoms with Gasteiger partial charge < -0.3 is 9.80 Å². The van der Waals surface area contributed by atoms with Crippen molar-refractivity contribution in [3.8, 4) is 11.1 Å². The second kappa shape index (κ2) is 8.25. The Morgan fingerprint density at radius 2 is 1.63 bits per heavy atom.